The Balaban J connectivity index is 1.63. The molecule has 0 radical (unpaired) electrons. The van der Waals surface area contributed by atoms with E-state index in [0.717, 1.165) is 54.2 Å². The van der Waals surface area contributed by atoms with E-state index in [1.54, 1.807) is 26.0 Å². The summed E-state index contributed by atoms with van der Waals surface area (Å²) in [5, 5.41) is 7.19. The van der Waals surface area contributed by atoms with Gasteiger partial charge in [0.25, 0.3) is 0 Å². The van der Waals surface area contributed by atoms with Crippen LogP contribution in [-0.4, -0.2) is 62.7 Å². The SMILES string of the molecule is CC(C)(N)CC(=O)N[C@H](Cc1c[nH]c2ccccc12)C(=O)[N+]1(S(C)(=O)=O)CC2(CCNCC2)c2ccccc21. The molecule has 2 amide bonds. The Morgan fingerprint density at radius 2 is 1.77 bits per heavy atom. The van der Waals surface area contributed by atoms with Crippen molar-refractivity contribution in [2.75, 3.05) is 25.9 Å². The lowest BCUT2D eigenvalue weighted by atomic mass is 9.75. The van der Waals surface area contributed by atoms with Crippen LogP contribution in [0.25, 0.3) is 10.9 Å². The van der Waals surface area contributed by atoms with Crippen molar-refractivity contribution in [2.24, 2.45) is 5.73 Å². The van der Waals surface area contributed by atoms with E-state index in [1.165, 1.54) is 0 Å². The van der Waals surface area contributed by atoms with Crippen LogP contribution in [0.1, 0.15) is 44.2 Å². The zero-order valence-electron chi connectivity index (χ0n) is 22.8. The number of aromatic amines is 1. The van der Waals surface area contributed by atoms with Crippen molar-refractivity contribution in [3.8, 4) is 0 Å². The molecule has 1 aromatic heterocycles. The summed E-state index contributed by atoms with van der Waals surface area (Å²) in [4.78, 5) is 31.2. The topological polar surface area (TPSA) is 134 Å². The predicted molar refractivity (Wildman–Crippen MR) is 154 cm³/mol. The first-order valence-electron chi connectivity index (χ1n) is 13.4. The van der Waals surface area contributed by atoms with Crippen molar-refractivity contribution in [1.29, 1.82) is 0 Å². The van der Waals surface area contributed by atoms with Crippen LogP contribution in [0, 0.1) is 0 Å². The molecule has 0 saturated carbocycles. The third-order valence-electron chi connectivity index (χ3n) is 8.22. The van der Waals surface area contributed by atoms with E-state index in [0.29, 0.717) is 5.69 Å². The highest BCUT2D eigenvalue weighted by molar-refractivity contribution is 7.90. The van der Waals surface area contributed by atoms with Crippen LogP contribution in [0.15, 0.2) is 54.7 Å². The number of H-pyrrole nitrogens is 1. The van der Waals surface area contributed by atoms with Gasteiger partial charge in [0.05, 0.1) is 11.7 Å². The maximum atomic E-state index is 14.8. The van der Waals surface area contributed by atoms with Gasteiger partial charge in [0, 0.05) is 47.1 Å². The maximum absolute atomic E-state index is 14.8. The molecule has 0 bridgehead atoms. The Morgan fingerprint density at radius 1 is 1.10 bits per heavy atom. The molecular formula is C29H38N5O4S+. The summed E-state index contributed by atoms with van der Waals surface area (Å²) >= 11 is 0. The quantitative estimate of drug-likeness (QED) is 0.333. The lowest BCUT2D eigenvalue weighted by Gasteiger charge is -2.37. The van der Waals surface area contributed by atoms with Crippen LogP contribution in [-0.2, 0) is 31.4 Å². The van der Waals surface area contributed by atoms with Crippen molar-refractivity contribution < 1.29 is 18.0 Å². The monoisotopic (exact) mass is 552 g/mol. The Kier molecular flexibility index (Phi) is 6.95. The normalized spacial score (nSPS) is 21.5. The van der Waals surface area contributed by atoms with E-state index in [2.05, 4.69) is 15.6 Å². The molecule has 2 aliphatic heterocycles. The number of quaternary nitrogens is 1. The average molecular weight is 553 g/mol. The number of nitrogens with zero attached hydrogens (tertiary/aromatic N) is 1. The highest BCUT2D eigenvalue weighted by Crippen LogP contribution is 2.51. The number of amides is 2. The third-order valence-corrected chi connectivity index (χ3v) is 9.86. The molecule has 2 atom stereocenters. The third kappa shape index (κ3) is 4.91. The van der Waals surface area contributed by atoms with Crippen LogP contribution >= 0.6 is 0 Å². The van der Waals surface area contributed by atoms with Gasteiger partial charge in [0.2, 0.25) is 5.91 Å². The fraction of sp³-hybridized carbons (Fsp3) is 0.448. The molecule has 1 unspecified atom stereocenters. The molecule has 39 heavy (non-hydrogen) atoms. The predicted octanol–water partition coefficient (Wildman–Crippen LogP) is 2.45. The number of benzene rings is 2. The minimum atomic E-state index is -4.01. The standard InChI is InChI=1S/C29H37N5O4S/c1-28(2,30)17-26(35)33-24(16-20-18-32-23-10-6-4-8-21(20)23)27(36)34(39(3,37)38)19-29(12-14-31-15-13-29)22-9-5-7-11-25(22)34/h4-11,18,24,31-32H,12-17,19,30H2,1-3H3/p+1/t24-,34?/m1/s1. The molecule has 3 aromatic rings. The Hall–Kier alpha value is -3.05. The van der Waals surface area contributed by atoms with Crippen LogP contribution in [0.2, 0.25) is 0 Å². The molecule has 5 N–H and O–H groups in total. The Labute approximate surface area is 229 Å². The van der Waals surface area contributed by atoms with Gasteiger partial charge in [-0.2, -0.15) is 8.42 Å². The minimum absolute atomic E-state index is 0.00423. The summed E-state index contributed by atoms with van der Waals surface area (Å²) in [6, 6.07) is 14.0. The van der Waals surface area contributed by atoms with Gasteiger partial charge in [-0.15, -0.1) is 3.89 Å². The van der Waals surface area contributed by atoms with Crippen molar-refractivity contribution in [3.63, 3.8) is 0 Å². The number of sulfonamides is 1. The first-order chi connectivity index (χ1) is 18.4. The first-order valence-corrected chi connectivity index (χ1v) is 15.3. The second kappa shape index (κ2) is 9.85. The van der Waals surface area contributed by atoms with E-state index in [9.17, 15) is 18.0 Å². The molecule has 2 aliphatic rings. The van der Waals surface area contributed by atoms with E-state index >= 15 is 0 Å². The average Bonchev–Trinajstić information content (AvgIpc) is 3.40. The number of rotatable bonds is 7. The van der Waals surface area contributed by atoms with E-state index in [4.69, 9.17) is 5.73 Å². The van der Waals surface area contributed by atoms with Crippen LogP contribution in [0.5, 0.6) is 0 Å². The van der Waals surface area contributed by atoms with E-state index in [1.807, 2.05) is 42.6 Å². The van der Waals surface area contributed by atoms with Crippen LogP contribution in [0.4, 0.5) is 5.69 Å². The number of piperidine rings is 1. The van der Waals surface area contributed by atoms with Crippen LogP contribution in [0.3, 0.4) is 0 Å². The highest BCUT2D eigenvalue weighted by Gasteiger charge is 2.63. The molecule has 3 heterocycles. The molecule has 1 fully saturated rings. The zero-order valence-corrected chi connectivity index (χ0v) is 23.6. The number of fused-ring (bicyclic) bond motifs is 3. The van der Waals surface area contributed by atoms with Crippen molar-refractivity contribution in [1.82, 2.24) is 19.5 Å². The van der Waals surface area contributed by atoms with Gasteiger partial charge < -0.3 is 21.4 Å². The Morgan fingerprint density at radius 3 is 2.46 bits per heavy atom. The molecule has 1 saturated heterocycles. The number of nitrogens with one attached hydrogen (secondary N) is 3. The lowest BCUT2D eigenvalue weighted by Crippen LogP contribution is -2.66. The van der Waals surface area contributed by atoms with Gasteiger partial charge in [0.1, 0.15) is 6.54 Å². The highest BCUT2D eigenvalue weighted by atomic mass is 32.2. The molecule has 9 nitrogen and oxygen atoms in total. The van der Waals surface area contributed by atoms with E-state index < -0.39 is 42.7 Å². The molecule has 5 rings (SSSR count). The zero-order chi connectivity index (χ0) is 28.1. The van der Waals surface area contributed by atoms with Gasteiger partial charge in [-0.05, 0) is 51.4 Å². The van der Waals surface area contributed by atoms with Gasteiger partial charge in [-0.1, -0.05) is 36.4 Å². The van der Waals surface area contributed by atoms with Crippen molar-refractivity contribution in [2.45, 2.75) is 56.5 Å². The summed E-state index contributed by atoms with van der Waals surface area (Å²) in [7, 11) is -4.01. The summed E-state index contributed by atoms with van der Waals surface area (Å²) < 4.78 is 26.8. The van der Waals surface area contributed by atoms with Crippen molar-refractivity contribution >= 4 is 38.4 Å². The molecule has 208 valence electrons. The minimum Gasteiger partial charge on any atom is -0.361 e. The summed E-state index contributed by atoms with van der Waals surface area (Å²) in [6.45, 7) is 5.09. The number of nitrogens with two attached hydrogens (primary N) is 1. The number of carbonyl (C=O) groups excluding carboxylic acids is 2. The summed E-state index contributed by atoms with van der Waals surface area (Å²) in [6.07, 6.45) is 4.55. The second-order valence-electron chi connectivity index (χ2n) is 11.9. The molecular weight excluding hydrogens is 514 g/mol. The van der Waals surface area contributed by atoms with Gasteiger partial charge in [0.15, 0.2) is 11.7 Å². The molecule has 1 spiro atoms. The lowest BCUT2D eigenvalue weighted by molar-refractivity contribution is -0.132. The number of aromatic nitrogens is 1. The number of hydrogen-bond donors (Lipinski definition) is 4. The fourth-order valence-electron chi connectivity index (χ4n) is 6.45. The van der Waals surface area contributed by atoms with Gasteiger partial charge in [-0.25, -0.2) is 4.79 Å². The van der Waals surface area contributed by atoms with Gasteiger partial charge in [-0.3, -0.25) is 4.79 Å². The fourth-order valence-corrected chi connectivity index (χ4v) is 7.91. The first kappa shape index (κ1) is 27.5. The van der Waals surface area contributed by atoms with Gasteiger partial charge >= 0.3 is 15.9 Å². The summed E-state index contributed by atoms with van der Waals surface area (Å²) in [5.41, 5.74) is 8.00. The molecule has 0 aliphatic carbocycles. The number of hydrogen-bond acceptors (Lipinski definition) is 6. The number of para-hydroxylation sites is 2. The molecule has 10 heteroatoms. The number of carbonyl (C=O) groups is 2. The smallest absolute Gasteiger partial charge is 0.356 e. The Bertz CT molecular complexity index is 1520. The van der Waals surface area contributed by atoms with Crippen molar-refractivity contribution in [3.05, 3.63) is 65.9 Å². The molecule has 2 aromatic carbocycles. The maximum Gasteiger partial charge on any atom is 0.356 e. The van der Waals surface area contributed by atoms with Crippen LogP contribution < -0.4 is 20.3 Å². The second-order valence-corrected chi connectivity index (χ2v) is 14.0. The largest absolute Gasteiger partial charge is 0.361 e. The van der Waals surface area contributed by atoms with E-state index in [-0.39, 0.29) is 19.4 Å². The summed E-state index contributed by atoms with van der Waals surface area (Å²) in [5.74, 6) is -0.940.